The third kappa shape index (κ3) is 22.1. The van der Waals surface area contributed by atoms with E-state index in [0.717, 1.165) is 51.4 Å². The van der Waals surface area contributed by atoms with Gasteiger partial charge in [-0.2, -0.15) is 0 Å². The predicted octanol–water partition coefficient (Wildman–Crippen LogP) is 10.7. The minimum atomic E-state index is -4.90. The summed E-state index contributed by atoms with van der Waals surface area (Å²) < 4.78 is 50.5. The fourth-order valence-electron chi connectivity index (χ4n) is 5.47. The highest BCUT2D eigenvalue weighted by Crippen LogP contribution is 2.32. The number of nitrogens with zero attached hydrogens (tertiary/aromatic N) is 1. The zero-order chi connectivity index (χ0) is 29.9. The molecule has 4 nitrogen and oxygen atoms in total. The lowest BCUT2D eigenvalue weighted by Gasteiger charge is -2.34. The van der Waals surface area contributed by atoms with Gasteiger partial charge in [-0.3, -0.25) is 0 Å². The summed E-state index contributed by atoms with van der Waals surface area (Å²) in [7, 11) is -4.90. The fraction of sp³-hybridized carbons (Fsp3) is 1.00. The molecule has 39 heavy (non-hydrogen) atoms. The molecule has 0 saturated carbocycles. The van der Waals surface area contributed by atoms with Gasteiger partial charge in [-0.1, -0.05) is 129 Å². The van der Waals surface area contributed by atoms with Crippen LogP contribution in [-0.4, -0.2) is 48.6 Å². The van der Waals surface area contributed by atoms with E-state index < -0.39 is 15.1 Å². The number of alkyl halides is 1. The predicted molar refractivity (Wildman–Crippen MR) is 169 cm³/mol. The summed E-state index contributed by atoms with van der Waals surface area (Å²) in [6, 6.07) is 0. The second-order valence-electron chi connectivity index (χ2n) is 11.8. The zero-order valence-electron chi connectivity index (χ0n) is 27.3. The Morgan fingerprint density at radius 1 is 0.487 bits per heavy atom. The van der Waals surface area contributed by atoms with E-state index in [1.807, 2.05) is 0 Å². The van der Waals surface area contributed by atoms with E-state index in [0.29, 0.717) is 12.8 Å². The number of hydrogen-bond donors (Lipinski definition) is 0. The number of halogens is 1. The van der Waals surface area contributed by atoms with Crippen LogP contribution < -0.4 is 0 Å². The standard InChI is InChI=1S/C25H51FO3S.C8H20N/c1-3-5-7-9-11-12-13-14-15-16-17-18-20-22-24-25(26,30(27,28)29)23-21-19-10-8-6-4-2;1-5-9(6-2,7-3)8-4/h3-24H2,1-2H3,(H,27,28,29);5-8H2,1-4H3/q;+1/p-1. The summed E-state index contributed by atoms with van der Waals surface area (Å²) in [4.78, 5) is 0. The third-order valence-electron chi connectivity index (χ3n) is 8.94. The highest BCUT2D eigenvalue weighted by Gasteiger charge is 2.36. The normalized spacial score (nSPS) is 13.6. The summed E-state index contributed by atoms with van der Waals surface area (Å²) in [5, 5.41) is -2.56. The molecule has 0 amide bonds. The van der Waals surface area contributed by atoms with Gasteiger partial charge in [0, 0.05) is 0 Å². The maximum Gasteiger partial charge on any atom is 0.199 e. The van der Waals surface area contributed by atoms with Crippen molar-refractivity contribution in [2.45, 2.75) is 188 Å². The van der Waals surface area contributed by atoms with Gasteiger partial charge in [-0.05, 0) is 53.4 Å². The lowest BCUT2D eigenvalue weighted by molar-refractivity contribution is -0.921. The highest BCUT2D eigenvalue weighted by atomic mass is 32.2. The van der Waals surface area contributed by atoms with Crippen LogP contribution in [0.3, 0.4) is 0 Å². The Balaban J connectivity index is 0. The van der Waals surface area contributed by atoms with E-state index in [2.05, 4.69) is 41.5 Å². The molecule has 0 spiro atoms. The Labute approximate surface area is 245 Å². The van der Waals surface area contributed by atoms with Gasteiger partial charge in [0.2, 0.25) is 0 Å². The first-order valence-corrected chi connectivity index (χ1v) is 18.5. The van der Waals surface area contributed by atoms with E-state index in [9.17, 15) is 17.4 Å². The van der Waals surface area contributed by atoms with Gasteiger partial charge < -0.3 is 9.04 Å². The summed E-state index contributed by atoms with van der Waals surface area (Å²) in [6.07, 6.45) is 22.1. The molecule has 1 unspecified atom stereocenters. The van der Waals surface area contributed by atoms with E-state index in [-0.39, 0.29) is 12.8 Å². The van der Waals surface area contributed by atoms with Crippen molar-refractivity contribution < 1.29 is 21.8 Å². The molecule has 0 N–H and O–H groups in total. The Morgan fingerprint density at radius 2 is 0.718 bits per heavy atom. The molecule has 0 bridgehead atoms. The van der Waals surface area contributed by atoms with Crippen molar-refractivity contribution in [3.8, 4) is 0 Å². The average Bonchev–Trinajstić information content (AvgIpc) is 2.92. The lowest BCUT2D eigenvalue weighted by Crippen LogP contribution is -2.47. The van der Waals surface area contributed by atoms with Crippen LogP contribution in [0.25, 0.3) is 0 Å². The molecule has 6 heteroatoms. The Bertz CT molecular complexity index is 593. The van der Waals surface area contributed by atoms with Crippen LogP contribution in [0.2, 0.25) is 0 Å². The molecule has 0 aliphatic rings. The molecule has 0 fully saturated rings. The fourth-order valence-corrected chi connectivity index (χ4v) is 6.26. The second kappa shape index (κ2) is 26.7. The Kier molecular flexibility index (Phi) is 28.0. The van der Waals surface area contributed by atoms with Crippen molar-refractivity contribution in [1.82, 2.24) is 0 Å². The summed E-state index contributed by atoms with van der Waals surface area (Å²) in [6.45, 7) is 18.6. The van der Waals surface area contributed by atoms with Gasteiger partial charge in [0.15, 0.2) is 5.00 Å². The van der Waals surface area contributed by atoms with E-state index in [4.69, 9.17) is 0 Å². The number of unbranched alkanes of at least 4 members (excludes halogenated alkanes) is 18. The molecule has 0 saturated heterocycles. The number of quaternary nitrogens is 1. The molecule has 238 valence electrons. The first kappa shape index (κ1) is 40.9. The monoisotopic (exact) mass is 580 g/mol. The van der Waals surface area contributed by atoms with Crippen molar-refractivity contribution in [3.63, 3.8) is 0 Å². The summed E-state index contributed by atoms with van der Waals surface area (Å²) >= 11 is 0. The Hall–Kier alpha value is -0.200. The molecule has 0 rings (SSSR count). The molecule has 0 aliphatic heterocycles. The highest BCUT2D eigenvalue weighted by molar-refractivity contribution is 7.87. The number of hydrogen-bond acceptors (Lipinski definition) is 3. The van der Waals surface area contributed by atoms with Gasteiger partial charge in [0.25, 0.3) is 0 Å². The third-order valence-corrected chi connectivity index (χ3v) is 10.2. The average molecular weight is 580 g/mol. The molecular formula is C33H70FNO3S. The topological polar surface area (TPSA) is 57.2 Å². The van der Waals surface area contributed by atoms with Crippen LogP contribution in [0, 0.1) is 0 Å². The van der Waals surface area contributed by atoms with Crippen LogP contribution in [0.5, 0.6) is 0 Å². The minimum Gasteiger partial charge on any atom is -0.745 e. The van der Waals surface area contributed by atoms with E-state index >= 15 is 0 Å². The molecule has 0 aliphatic carbocycles. The van der Waals surface area contributed by atoms with Gasteiger partial charge >= 0.3 is 0 Å². The van der Waals surface area contributed by atoms with Crippen LogP contribution in [0.1, 0.15) is 183 Å². The number of rotatable bonds is 27. The van der Waals surface area contributed by atoms with Gasteiger partial charge in [0.1, 0.15) is 10.1 Å². The molecule has 0 aromatic carbocycles. The van der Waals surface area contributed by atoms with Crippen molar-refractivity contribution in [2.75, 3.05) is 26.2 Å². The molecule has 0 aromatic rings. The van der Waals surface area contributed by atoms with Crippen LogP contribution in [0.15, 0.2) is 0 Å². The quantitative estimate of drug-likeness (QED) is 0.0552. The largest absolute Gasteiger partial charge is 0.745 e. The molecule has 0 radical (unpaired) electrons. The van der Waals surface area contributed by atoms with Crippen LogP contribution in [-0.2, 0) is 10.1 Å². The van der Waals surface area contributed by atoms with Crippen LogP contribution in [0.4, 0.5) is 4.39 Å². The maximum atomic E-state index is 14.8. The van der Waals surface area contributed by atoms with Gasteiger partial charge in [0.05, 0.1) is 26.2 Å². The van der Waals surface area contributed by atoms with Gasteiger partial charge in [-0.15, -0.1) is 0 Å². The van der Waals surface area contributed by atoms with Crippen LogP contribution >= 0.6 is 0 Å². The molecule has 0 heterocycles. The maximum absolute atomic E-state index is 14.8. The molecule has 0 aromatic heterocycles. The zero-order valence-corrected chi connectivity index (χ0v) is 28.2. The first-order valence-electron chi connectivity index (χ1n) is 17.1. The lowest BCUT2D eigenvalue weighted by atomic mass is 10.0. The van der Waals surface area contributed by atoms with E-state index in [1.165, 1.54) is 94.9 Å². The van der Waals surface area contributed by atoms with Crippen molar-refractivity contribution in [1.29, 1.82) is 0 Å². The summed E-state index contributed by atoms with van der Waals surface area (Å²) in [5.74, 6) is 0. The van der Waals surface area contributed by atoms with Gasteiger partial charge in [-0.25, -0.2) is 12.8 Å². The van der Waals surface area contributed by atoms with Crippen molar-refractivity contribution >= 4 is 10.1 Å². The molecule has 1 atom stereocenters. The van der Waals surface area contributed by atoms with Crippen molar-refractivity contribution in [3.05, 3.63) is 0 Å². The second-order valence-corrected chi connectivity index (χ2v) is 13.4. The first-order chi connectivity index (χ1) is 18.6. The minimum absolute atomic E-state index is 0.133. The molecular weight excluding hydrogens is 509 g/mol. The SMILES string of the molecule is CCCCCCCCCCCCCCCCC(F)(CCCCCCCC)S(=O)(=O)[O-].CC[N+](CC)(CC)CC. The van der Waals surface area contributed by atoms with Crippen molar-refractivity contribution in [2.24, 2.45) is 0 Å². The van der Waals surface area contributed by atoms with E-state index in [1.54, 1.807) is 0 Å². The smallest absolute Gasteiger partial charge is 0.199 e. The summed E-state index contributed by atoms with van der Waals surface area (Å²) in [5.41, 5.74) is 0. The Morgan fingerprint density at radius 3 is 0.897 bits per heavy atom.